The molecule has 0 aliphatic rings. The SMILES string of the molecule is CCC(C)(CC(C)C)C(OC(=O)CCCN(C)C)C(C)(C)CC(C)(C)C=CCOC(=O)C(C)(C)C(C)C. The van der Waals surface area contributed by atoms with Crippen molar-refractivity contribution in [3.8, 4) is 0 Å². The van der Waals surface area contributed by atoms with E-state index in [4.69, 9.17) is 9.47 Å². The molecule has 0 aliphatic heterocycles. The van der Waals surface area contributed by atoms with Crippen LogP contribution in [-0.2, 0) is 19.1 Å². The van der Waals surface area contributed by atoms with Crippen molar-refractivity contribution in [2.24, 2.45) is 33.5 Å². The zero-order valence-electron chi connectivity index (χ0n) is 26.9. The maximum Gasteiger partial charge on any atom is 0.312 e. The van der Waals surface area contributed by atoms with Gasteiger partial charge in [-0.15, -0.1) is 0 Å². The highest BCUT2D eigenvalue weighted by molar-refractivity contribution is 5.76. The number of carbonyl (C=O) groups is 2. The summed E-state index contributed by atoms with van der Waals surface area (Å²) in [6, 6.07) is 0. The summed E-state index contributed by atoms with van der Waals surface area (Å²) in [5.41, 5.74) is -1.03. The summed E-state index contributed by atoms with van der Waals surface area (Å²) in [4.78, 5) is 27.6. The monoisotopic (exact) mass is 523 g/mol. The first-order valence-corrected chi connectivity index (χ1v) is 14.4. The minimum atomic E-state index is -0.504. The first-order chi connectivity index (χ1) is 16.7. The summed E-state index contributed by atoms with van der Waals surface area (Å²) >= 11 is 0. The summed E-state index contributed by atoms with van der Waals surface area (Å²) in [6.07, 6.45) is 7.93. The van der Waals surface area contributed by atoms with Crippen LogP contribution in [0.3, 0.4) is 0 Å². The maximum atomic E-state index is 13.0. The first-order valence-electron chi connectivity index (χ1n) is 14.4. The van der Waals surface area contributed by atoms with E-state index >= 15 is 0 Å². The topological polar surface area (TPSA) is 55.8 Å². The molecule has 0 aromatic heterocycles. The zero-order valence-corrected chi connectivity index (χ0v) is 26.9. The molecular weight excluding hydrogens is 462 g/mol. The second kappa shape index (κ2) is 14.7. The molecule has 0 fully saturated rings. The Morgan fingerprint density at radius 2 is 1.51 bits per heavy atom. The summed E-state index contributed by atoms with van der Waals surface area (Å²) in [6.45, 7) is 26.9. The van der Waals surface area contributed by atoms with Crippen molar-refractivity contribution in [3.05, 3.63) is 12.2 Å². The highest BCUT2D eigenvalue weighted by atomic mass is 16.5. The molecular formula is C32H61NO4. The highest BCUT2D eigenvalue weighted by Crippen LogP contribution is 2.48. The van der Waals surface area contributed by atoms with Gasteiger partial charge in [-0.05, 0) is 77.4 Å². The van der Waals surface area contributed by atoms with E-state index in [9.17, 15) is 9.59 Å². The van der Waals surface area contributed by atoms with Gasteiger partial charge in [-0.25, -0.2) is 0 Å². The summed E-state index contributed by atoms with van der Waals surface area (Å²) in [7, 11) is 4.05. The molecule has 0 aromatic carbocycles. The second-order valence-electron chi connectivity index (χ2n) is 14.4. The number of hydrogen-bond donors (Lipinski definition) is 0. The van der Waals surface area contributed by atoms with E-state index in [0.29, 0.717) is 12.3 Å². The minimum Gasteiger partial charge on any atom is -0.461 e. The van der Waals surface area contributed by atoms with Crippen molar-refractivity contribution in [2.75, 3.05) is 27.2 Å². The molecule has 0 saturated heterocycles. The third kappa shape index (κ3) is 12.4. The molecule has 0 amide bonds. The van der Waals surface area contributed by atoms with Crippen LogP contribution in [0.15, 0.2) is 12.2 Å². The molecule has 0 aliphatic carbocycles. The average molecular weight is 524 g/mol. The van der Waals surface area contributed by atoms with Crippen molar-refractivity contribution >= 4 is 11.9 Å². The number of rotatable bonds is 17. The molecule has 5 heteroatoms. The van der Waals surface area contributed by atoms with E-state index in [1.54, 1.807) is 0 Å². The van der Waals surface area contributed by atoms with Gasteiger partial charge in [0.05, 0.1) is 5.41 Å². The van der Waals surface area contributed by atoms with E-state index in [2.05, 4.69) is 66.4 Å². The summed E-state index contributed by atoms with van der Waals surface area (Å²) in [5, 5.41) is 0. The number of ether oxygens (including phenoxy) is 2. The van der Waals surface area contributed by atoms with Crippen LogP contribution in [0, 0.1) is 33.5 Å². The van der Waals surface area contributed by atoms with E-state index in [-0.39, 0.29) is 46.8 Å². The normalized spacial score (nSPS) is 15.9. The van der Waals surface area contributed by atoms with Gasteiger partial charge in [-0.3, -0.25) is 9.59 Å². The van der Waals surface area contributed by atoms with Crippen LogP contribution >= 0.6 is 0 Å². The first kappa shape index (κ1) is 35.6. The lowest BCUT2D eigenvalue weighted by Crippen LogP contribution is -2.48. The van der Waals surface area contributed by atoms with Crippen molar-refractivity contribution in [1.82, 2.24) is 4.90 Å². The molecule has 0 saturated carbocycles. The number of nitrogens with zero attached hydrogens (tertiary/aromatic N) is 1. The Hall–Kier alpha value is -1.36. The molecule has 0 rings (SSSR count). The van der Waals surface area contributed by atoms with Crippen LogP contribution in [0.4, 0.5) is 0 Å². The predicted octanol–water partition coefficient (Wildman–Crippen LogP) is 7.93. The smallest absolute Gasteiger partial charge is 0.312 e. The van der Waals surface area contributed by atoms with Gasteiger partial charge in [0.15, 0.2) is 0 Å². The Bertz CT molecular complexity index is 733. The summed E-state index contributed by atoms with van der Waals surface area (Å²) in [5.74, 6) is 0.450. The Morgan fingerprint density at radius 1 is 0.946 bits per heavy atom. The van der Waals surface area contributed by atoms with E-state index in [1.165, 1.54) is 0 Å². The van der Waals surface area contributed by atoms with Gasteiger partial charge >= 0.3 is 11.9 Å². The van der Waals surface area contributed by atoms with Gasteiger partial charge in [0.25, 0.3) is 0 Å². The third-order valence-electron chi connectivity index (χ3n) is 8.02. The molecule has 37 heavy (non-hydrogen) atoms. The van der Waals surface area contributed by atoms with Gasteiger partial charge in [-0.1, -0.05) is 81.4 Å². The highest BCUT2D eigenvalue weighted by Gasteiger charge is 2.47. The molecule has 0 aromatic rings. The fourth-order valence-corrected chi connectivity index (χ4v) is 5.58. The number of hydrogen-bond acceptors (Lipinski definition) is 5. The largest absolute Gasteiger partial charge is 0.461 e. The Balaban J connectivity index is 5.67. The van der Waals surface area contributed by atoms with Crippen LogP contribution in [0.25, 0.3) is 0 Å². The van der Waals surface area contributed by atoms with Crippen LogP contribution < -0.4 is 0 Å². The lowest BCUT2D eigenvalue weighted by molar-refractivity contribution is -0.171. The van der Waals surface area contributed by atoms with Crippen molar-refractivity contribution in [3.63, 3.8) is 0 Å². The van der Waals surface area contributed by atoms with Gasteiger partial charge in [0.2, 0.25) is 0 Å². The Kier molecular flexibility index (Phi) is 14.2. The van der Waals surface area contributed by atoms with Crippen LogP contribution in [0.2, 0.25) is 0 Å². The zero-order chi connectivity index (χ0) is 29.2. The van der Waals surface area contributed by atoms with E-state index < -0.39 is 5.41 Å². The lowest BCUT2D eigenvalue weighted by Gasteiger charge is -2.48. The van der Waals surface area contributed by atoms with Gasteiger partial charge in [0, 0.05) is 17.3 Å². The maximum absolute atomic E-state index is 13.0. The molecule has 0 spiro atoms. The van der Waals surface area contributed by atoms with E-state index in [0.717, 1.165) is 32.2 Å². The summed E-state index contributed by atoms with van der Waals surface area (Å²) < 4.78 is 11.9. The predicted molar refractivity (Wildman–Crippen MR) is 156 cm³/mol. The quantitative estimate of drug-likeness (QED) is 0.143. The number of allylic oxidation sites excluding steroid dienone is 1. The average Bonchev–Trinajstić information content (AvgIpc) is 2.72. The molecule has 0 heterocycles. The third-order valence-corrected chi connectivity index (χ3v) is 8.02. The van der Waals surface area contributed by atoms with Gasteiger partial charge in [0.1, 0.15) is 12.7 Å². The van der Waals surface area contributed by atoms with Crippen LogP contribution in [-0.4, -0.2) is 50.2 Å². The minimum absolute atomic E-state index is 0.101. The number of esters is 2. The molecule has 0 radical (unpaired) electrons. The number of carbonyl (C=O) groups excluding carboxylic acids is 2. The van der Waals surface area contributed by atoms with Gasteiger partial charge in [-0.2, -0.15) is 0 Å². The van der Waals surface area contributed by atoms with Crippen molar-refractivity contribution in [2.45, 2.75) is 121 Å². The van der Waals surface area contributed by atoms with Crippen molar-refractivity contribution < 1.29 is 19.1 Å². The Labute approximate surface area is 230 Å². The fraction of sp³-hybridized carbons (Fsp3) is 0.875. The molecule has 5 nitrogen and oxygen atoms in total. The molecule has 0 bridgehead atoms. The van der Waals surface area contributed by atoms with Crippen LogP contribution in [0.1, 0.15) is 115 Å². The van der Waals surface area contributed by atoms with Crippen LogP contribution in [0.5, 0.6) is 0 Å². The lowest BCUT2D eigenvalue weighted by atomic mass is 9.62. The fourth-order valence-electron chi connectivity index (χ4n) is 5.58. The molecule has 2 atom stereocenters. The van der Waals surface area contributed by atoms with Crippen molar-refractivity contribution in [1.29, 1.82) is 0 Å². The Morgan fingerprint density at radius 3 is 1.97 bits per heavy atom. The van der Waals surface area contributed by atoms with Gasteiger partial charge < -0.3 is 14.4 Å². The molecule has 2 unspecified atom stereocenters. The standard InChI is InChI=1S/C32H61NO4/c1-15-32(12,22-24(2)3)27(37-26(34)18-16-20-33(13)14)30(8,9)23-29(6,7)19-17-21-36-28(35)31(10,11)25(4)5/h17,19,24-25,27H,15-16,18,20-23H2,1-14H3. The van der Waals surface area contributed by atoms with E-state index in [1.807, 2.05) is 47.9 Å². The molecule has 0 N–H and O–H groups in total. The second-order valence-corrected chi connectivity index (χ2v) is 14.4. The molecule has 218 valence electrons.